The van der Waals surface area contributed by atoms with Crippen LogP contribution in [0.25, 0.3) is 0 Å². The molecule has 1 aliphatic heterocycles. The van der Waals surface area contributed by atoms with Crippen LogP contribution in [0.4, 0.5) is 0 Å². The van der Waals surface area contributed by atoms with Crippen LogP contribution in [-0.2, 0) is 27.1 Å². The van der Waals surface area contributed by atoms with Gasteiger partial charge in [0.1, 0.15) is 0 Å². The van der Waals surface area contributed by atoms with Crippen molar-refractivity contribution in [3.05, 3.63) is 35.4 Å². The molecule has 1 aromatic carbocycles. The summed E-state index contributed by atoms with van der Waals surface area (Å²) >= 11 is 0. The molecule has 1 aromatic rings. The quantitative estimate of drug-likeness (QED) is 0.259. The van der Waals surface area contributed by atoms with Gasteiger partial charge in [-0.3, -0.25) is 9.79 Å². The summed E-state index contributed by atoms with van der Waals surface area (Å²) in [5, 5.41) is 3.34. The van der Waals surface area contributed by atoms with Crippen LogP contribution in [0.5, 0.6) is 0 Å². The number of carbonyl (C=O) groups is 1. The smallest absolute Gasteiger partial charge is 0.217 e. The van der Waals surface area contributed by atoms with E-state index in [1.807, 2.05) is 24.3 Å². The van der Waals surface area contributed by atoms with Crippen molar-refractivity contribution in [3.8, 4) is 0 Å². The highest BCUT2D eigenvalue weighted by molar-refractivity contribution is 14.0. The number of nitrogens with zero attached hydrogens (tertiary/aromatic N) is 2. The van der Waals surface area contributed by atoms with Gasteiger partial charge in [0.15, 0.2) is 5.96 Å². The lowest BCUT2D eigenvalue weighted by Gasteiger charge is -2.34. The number of carbonyl (C=O) groups excluding carboxylic acids is 1. The summed E-state index contributed by atoms with van der Waals surface area (Å²) in [5.41, 5.74) is 7.02. The maximum absolute atomic E-state index is 12.3. The third-order valence-corrected chi connectivity index (χ3v) is 6.36. The third-order valence-electron chi connectivity index (χ3n) is 4.84. The van der Waals surface area contributed by atoms with E-state index in [-0.39, 0.29) is 47.6 Å². The minimum Gasteiger partial charge on any atom is -0.370 e. The first-order chi connectivity index (χ1) is 13.7. The predicted molar refractivity (Wildman–Crippen MR) is 131 cm³/mol. The number of halogens is 1. The molecule has 1 heterocycles. The normalized spacial score (nSPS) is 17.5. The lowest BCUT2D eigenvalue weighted by molar-refractivity contribution is -0.119. The number of likely N-dealkylation sites (tertiary alicyclic amines) is 1. The van der Waals surface area contributed by atoms with E-state index >= 15 is 0 Å². The van der Waals surface area contributed by atoms with Crippen molar-refractivity contribution in [2.45, 2.75) is 51.4 Å². The number of nitrogens with one attached hydrogen (secondary N) is 2. The molecule has 1 fully saturated rings. The van der Waals surface area contributed by atoms with Gasteiger partial charge in [0.2, 0.25) is 15.9 Å². The molecule has 170 valence electrons. The van der Waals surface area contributed by atoms with Crippen LogP contribution in [0.2, 0.25) is 0 Å². The Labute approximate surface area is 197 Å². The second-order valence-corrected chi connectivity index (χ2v) is 9.58. The van der Waals surface area contributed by atoms with E-state index in [1.54, 1.807) is 20.9 Å². The Kier molecular flexibility index (Phi) is 11.1. The Bertz CT molecular complexity index is 829. The lowest BCUT2D eigenvalue weighted by atomic mass is 9.95. The van der Waals surface area contributed by atoms with E-state index in [0.717, 1.165) is 43.0 Å². The average Bonchev–Trinajstić information content (AvgIpc) is 2.62. The summed E-state index contributed by atoms with van der Waals surface area (Å²) < 4.78 is 27.3. The van der Waals surface area contributed by atoms with Gasteiger partial charge in [-0.2, -0.15) is 0 Å². The highest BCUT2D eigenvalue weighted by Gasteiger charge is 2.23. The molecule has 0 aromatic heterocycles. The zero-order chi connectivity index (χ0) is 21.4. The minimum absolute atomic E-state index is 0. The molecule has 0 spiro atoms. The number of piperidine rings is 1. The van der Waals surface area contributed by atoms with Crippen LogP contribution >= 0.6 is 24.0 Å². The zero-order valence-corrected chi connectivity index (χ0v) is 21.1. The Morgan fingerprint density at radius 2 is 1.97 bits per heavy atom. The molecule has 1 atom stereocenters. The Morgan fingerprint density at radius 3 is 2.57 bits per heavy atom. The van der Waals surface area contributed by atoms with Crippen LogP contribution in [0.1, 0.15) is 44.2 Å². The summed E-state index contributed by atoms with van der Waals surface area (Å²) in [6.07, 6.45) is 2.35. The second-order valence-electron chi connectivity index (χ2n) is 7.83. The van der Waals surface area contributed by atoms with Crippen molar-refractivity contribution in [3.63, 3.8) is 0 Å². The number of hydrogen-bond acceptors (Lipinski definition) is 4. The van der Waals surface area contributed by atoms with Gasteiger partial charge < -0.3 is 16.0 Å². The lowest BCUT2D eigenvalue weighted by Crippen LogP contribution is -2.47. The number of rotatable bonds is 8. The average molecular weight is 551 g/mol. The predicted octanol–water partition coefficient (Wildman–Crippen LogP) is 1.80. The molecule has 10 heteroatoms. The van der Waals surface area contributed by atoms with Gasteiger partial charge in [0.25, 0.3) is 0 Å². The van der Waals surface area contributed by atoms with Crippen molar-refractivity contribution in [2.24, 2.45) is 16.6 Å². The van der Waals surface area contributed by atoms with E-state index in [0.29, 0.717) is 13.0 Å². The van der Waals surface area contributed by atoms with E-state index in [2.05, 4.69) is 19.9 Å². The first kappa shape index (κ1) is 26.6. The summed E-state index contributed by atoms with van der Waals surface area (Å²) in [6, 6.07) is 7.36. The molecule has 8 nitrogen and oxygen atoms in total. The van der Waals surface area contributed by atoms with Gasteiger partial charge in [-0.25, -0.2) is 13.1 Å². The van der Waals surface area contributed by atoms with E-state index in [9.17, 15) is 13.2 Å². The van der Waals surface area contributed by atoms with E-state index in [1.165, 1.54) is 0 Å². The summed E-state index contributed by atoms with van der Waals surface area (Å²) in [5.74, 6) is 0.646. The molecule has 1 unspecified atom stereocenters. The van der Waals surface area contributed by atoms with Crippen molar-refractivity contribution in [1.82, 2.24) is 14.9 Å². The first-order valence-corrected chi connectivity index (χ1v) is 11.7. The molecule has 1 amide bonds. The largest absolute Gasteiger partial charge is 0.370 e. The Morgan fingerprint density at radius 1 is 1.30 bits per heavy atom. The number of sulfonamides is 1. The van der Waals surface area contributed by atoms with Crippen molar-refractivity contribution >= 4 is 45.9 Å². The molecular weight excluding hydrogens is 517 g/mol. The molecule has 0 radical (unpaired) electrons. The van der Waals surface area contributed by atoms with Crippen LogP contribution in [0, 0.1) is 5.92 Å². The molecule has 2 rings (SSSR count). The Balaban J connectivity index is 0.00000450. The standard InChI is InChI=1S/C20H33N5O3S.HI/c1-15(2)24-29(27,28)14-18-9-5-4-8-17(18)12-23-20(22-3)25-10-6-7-16(13-25)11-19(21)26;/h4-5,8-9,15-16,24H,6-7,10-14H2,1-3H3,(H2,21,26)(H,22,23);1H. The van der Waals surface area contributed by atoms with Gasteiger partial charge in [-0.05, 0) is 43.7 Å². The fraction of sp³-hybridized carbons (Fsp3) is 0.600. The van der Waals surface area contributed by atoms with Gasteiger partial charge in [0.05, 0.1) is 5.75 Å². The maximum Gasteiger partial charge on any atom is 0.217 e. The third kappa shape index (κ3) is 8.76. The molecule has 30 heavy (non-hydrogen) atoms. The van der Waals surface area contributed by atoms with Crippen LogP contribution in [0.3, 0.4) is 0 Å². The SMILES string of the molecule is CN=C(NCc1ccccc1CS(=O)(=O)NC(C)C)N1CCCC(CC(N)=O)C1.I. The minimum atomic E-state index is -3.40. The molecule has 1 saturated heterocycles. The van der Waals surface area contributed by atoms with Crippen LogP contribution < -0.4 is 15.8 Å². The van der Waals surface area contributed by atoms with Gasteiger partial charge in [0, 0.05) is 39.1 Å². The number of aliphatic imine (C=N–C) groups is 1. The number of nitrogens with two attached hydrogens (primary N) is 1. The van der Waals surface area contributed by atoms with Crippen LogP contribution in [0.15, 0.2) is 29.3 Å². The molecule has 1 aliphatic rings. The fourth-order valence-corrected chi connectivity index (χ4v) is 5.18. The number of amides is 1. The van der Waals surface area contributed by atoms with Crippen molar-refractivity contribution in [1.29, 1.82) is 0 Å². The zero-order valence-electron chi connectivity index (χ0n) is 17.9. The van der Waals surface area contributed by atoms with Crippen molar-refractivity contribution in [2.75, 3.05) is 20.1 Å². The number of guanidine groups is 1. The fourth-order valence-electron chi connectivity index (χ4n) is 3.69. The van der Waals surface area contributed by atoms with E-state index < -0.39 is 10.0 Å². The number of hydrogen-bond donors (Lipinski definition) is 3. The highest BCUT2D eigenvalue weighted by Crippen LogP contribution is 2.20. The Hall–Kier alpha value is -1.40. The van der Waals surface area contributed by atoms with Gasteiger partial charge >= 0.3 is 0 Å². The molecule has 0 aliphatic carbocycles. The monoisotopic (exact) mass is 551 g/mol. The van der Waals surface area contributed by atoms with E-state index in [4.69, 9.17) is 5.73 Å². The number of primary amides is 1. The topological polar surface area (TPSA) is 117 Å². The summed E-state index contributed by atoms with van der Waals surface area (Å²) in [7, 11) is -1.68. The molecular formula is C20H34IN5O3S. The van der Waals surface area contributed by atoms with Crippen LogP contribution in [-0.4, -0.2) is 51.4 Å². The van der Waals surface area contributed by atoms with Gasteiger partial charge in [-0.1, -0.05) is 24.3 Å². The second kappa shape index (κ2) is 12.5. The molecule has 0 bridgehead atoms. The summed E-state index contributed by atoms with van der Waals surface area (Å²) in [4.78, 5) is 17.8. The maximum atomic E-state index is 12.3. The molecule has 0 saturated carbocycles. The van der Waals surface area contributed by atoms with Gasteiger partial charge in [-0.15, -0.1) is 24.0 Å². The summed E-state index contributed by atoms with van der Waals surface area (Å²) in [6.45, 7) is 5.68. The number of benzene rings is 1. The molecule has 4 N–H and O–H groups in total. The highest BCUT2D eigenvalue weighted by atomic mass is 127. The van der Waals surface area contributed by atoms with Crippen molar-refractivity contribution < 1.29 is 13.2 Å². The first-order valence-electron chi connectivity index (χ1n) is 10.0.